The van der Waals surface area contributed by atoms with Crippen LogP contribution in [0.1, 0.15) is 21.1 Å². The van der Waals surface area contributed by atoms with E-state index in [0.29, 0.717) is 37.9 Å². The van der Waals surface area contributed by atoms with Gasteiger partial charge in [-0.1, -0.05) is 41.1 Å². The topological polar surface area (TPSA) is 88.5 Å². The van der Waals surface area contributed by atoms with Gasteiger partial charge in [0.15, 0.2) is 15.7 Å². The third-order valence-electron chi connectivity index (χ3n) is 4.38. The zero-order valence-corrected chi connectivity index (χ0v) is 19.8. The fourth-order valence-electron chi connectivity index (χ4n) is 2.92. The van der Waals surface area contributed by atoms with Crippen molar-refractivity contribution in [1.82, 2.24) is 24.7 Å². The molecule has 4 aromatic rings. The lowest BCUT2D eigenvalue weighted by atomic mass is 10.2. The van der Waals surface area contributed by atoms with Gasteiger partial charge >= 0.3 is 0 Å². The van der Waals surface area contributed by atoms with E-state index in [0.717, 1.165) is 21.1 Å². The summed E-state index contributed by atoms with van der Waals surface area (Å²) < 4.78 is 2.34. The first kappa shape index (κ1) is 21.6. The molecule has 0 bridgehead atoms. The van der Waals surface area contributed by atoms with Gasteiger partial charge in [0.2, 0.25) is 0 Å². The van der Waals surface area contributed by atoms with Crippen LogP contribution in [-0.4, -0.2) is 30.6 Å². The molecule has 0 saturated heterocycles. The van der Waals surface area contributed by atoms with Crippen molar-refractivity contribution < 1.29 is 4.79 Å². The molecule has 0 aliphatic heterocycles. The minimum Gasteiger partial charge on any atom is -0.297 e. The van der Waals surface area contributed by atoms with Gasteiger partial charge in [-0.25, -0.2) is 9.97 Å². The summed E-state index contributed by atoms with van der Waals surface area (Å²) in [4.78, 5) is 23.3. The molecule has 3 aromatic heterocycles. The lowest BCUT2D eigenvalue weighted by Crippen LogP contribution is -2.11. The number of rotatable bonds is 6. The maximum absolute atomic E-state index is 12.9. The van der Waals surface area contributed by atoms with Crippen molar-refractivity contribution in [3.63, 3.8) is 0 Å². The molecule has 7 nitrogen and oxygen atoms in total. The monoisotopic (exact) mass is 488 g/mol. The van der Waals surface area contributed by atoms with Crippen molar-refractivity contribution in [1.29, 1.82) is 0 Å². The van der Waals surface area contributed by atoms with E-state index >= 15 is 0 Å². The Morgan fingerprint density at radius 1 is 1.26 bits per heavy atom. The maximum Gasteiger partial charge on any atom is 0.269 e. The van der Waals surface area contributed by atoms with E-state index in [1.807, 2.05) is 30.5 Å². The first-order valence-electron chi connectivity index (χ1n) is 9.16. The van der Waals surface area contributed by atoms with E-state index in [1.165, 1.54) is 22.7 Å². The van der Waals surface area contributed by atoms with E-state index in [1.54, 1.807) is 18.2 Å². The summed E-state index contributed by atoms with van der Waals surface area (Å²) in [5.41, 5.74) is 2.32. The molecule has 0 aliphatic carbocycles. The Morgan fingerprint density at radius 3 is 2.71 bits per heavy atom. The summed E-state index contributed by atoms with van der Waals surface area (Å²) in [6, 6.07) is 7.37. The zero-order valence-electron chi connectivity index (χ0n) is 16.6. The smallest absolute Gasteiger partial charge is 0.269 e. The Kier molecular flexibility index (Phi) is 6.15. The third-order valence-corrected chi connectivity index (χ3v) is 7.22. The van der Waals surface area contributed by atoms with Gasteiger partial charge < -0.3 is 0 Å². The number of aromatic amines is 1. The SMILES string of the molecule is C=CCn1c(-c2sc(NC(=O)c3sc(-c4ccc(Cl)cc4)nc3C)nc2C)n[nH]c1=S. The average Bonchev–Trinajstić information content (AvgIpc) is 3.40. The number of allylic oxidation sites excluding steroid dienone is 1. The standard InChI is InChI=1S/C20H17ClN6OS3/c1-4-9-27-16(25-26-20(27)29)14-10(2)23-19(31-14)24-17(28)15-11(3)22-18(30-15)12-5-7-13(21)8-6-12/h4-8H,1,9H2,2-3H3,(H,26,29)(H,23,24,28). The Balaban J connectivity index is 1.59. The van der Waals surface area contributed by atoms with Crippen LogP contribution in [0.25, 0.3) is 21.3 Å². The van der Waals surface area contributed by atoms with Crippen LogP contribution < -0.4 is 5.32 Å². The fraction of sp³-hybridized carbons (Fsp3) is 0.150. The summed E-state index contributed by atoms with van der Waals surface area (Å²) in [6.45, 7) is 7.97. The van der Waals surface area contributed by atoms with Gasteiger partial charge in [0, 0.05) is 17.1 Å². The molecule has 2 N–H and O–H groups in total. The highest BCUT2D eigenvalue weighted by atomic mass is 35.5. The number of halogens is 1. The predicted octanol–water partition coefficient (Wildman–Crippen LogP) is 5.90. The number of hydrogen-bond acceptors (Lipinski definition) is 7. The second kappa shape index (κ2) is 8.83. The highest BCUT2D eigenvalue weighted by molar-refractivity contribution is 7.71. The average molecular weight is 489 g/mol. The summed E-state index contributed by atoms with van der Waals surface area (Å²) in [7, 11) is 0. The normalized spacial score (nSPS) is 10.9. The number of amides is 1. The van der Waals surface area contributed by atoms with Crippen molar-refractivity contribution in [3.05, 3.63) is 63.0 Å². The summed E-state index contributed by atoms with van der Waals surface area (Å²) in [6.07, 6.45) is 1.75. The molecular formula is C20H17ClN6OS3. The van der Waals surface area contributed by atoms with E-state index in [2.05, 4.69) is 32.1 Å². The summed E-state index contributed by atoms with van der Waals surface area (Å²) in [5, 5.41) is 11.9. The predicted molar refractivity (Wildman–Crippen MR) is 129 cm³/mol. The highest BCUT2D eigenvalue weighted by Gasteiger charge is 2.20. The Labute approximate surface area is 196 Å². The van der Waals surface area contributed by atoms with Gasteiger partial charge in [-0.2, -0.15) is 5.10 Å². The fourth-order valence-corrected chi connectivity index (χ4v) is 5.18. The van der Waals surface area contributed by atoms with Gasteiger partial charge in [-0.15, -0.1) is 17.9 Å². The van der Waals surface area contributed by atoms with Crippen LogP contribution >= 0.6 is 46.5 Å². The number of thiazole rings is 2. The van der Waals surface area contributed by atoms with Gasteiger partial charge in [0.1, 0.15) is 9.88 Å². The first-order chi connectivity index (χ1) is 14.9. The number of carbonyl (C=O) groups excluding carboxylic acids is 1. The highest BCUT2D eigenvalue weighted by Crippen LogP contribution is 2.33. The maximum atomic E-state index is 12.9. The Morgan fingerprint density at radius 2 is 2.00 bits per heavy atom. The van der Waals surface area contributed by atoms with Crippen LogP contribution in [0.2, 0.25) is 5.02 Å². The lowest BCUT2D eigenvalue weighted by molar-refractivity contribution is 0.103. The van der Waals surface area contributed by atoms with Crippen LogP contribution in [-0.2, 0) is 6.54 Å². The second-order valence-electron chi connectivity index (χ2n) is 6.58. The summed E-state index contributed by atoms with van der Waals surface area (Å²) >= 11 is 13.9. The number of H-pyrrole nitrogens is 1. The molecule has 0 saturated carbocycles. The molecule has 0 radical (unpaired) electrons. The van der Waals surface area contributed by atoms with Crippen molar-refractivity contribution in [2.24, 2.45) is 0 Å². The zero-order chi connectivity index (χ0) is 22.1. The van der Waals surface area contributed by atoms with E-state index < -0.39 is 0 Å². The van der Waals surface area contributed by atoms with Crippen molar-refractivity contribution >= 4 is 57.5 Å². The number of hydrogen-bond donors (Lipinski definition) is 2. The van der Waals surface area contributed by atoms with Crippen molar-refractivity contribution in [2.45, 2.75) is 20.4 Å². The molecular weight excluding hydrogens is 472 g/mol. The second-order valence-corrected chi connectivity index (χ2v) is 9.40. The number of carbonyl (C=O) groups is 1. The van der Waals surface area contributed by atoms with Crippen molar-refractivity contribution in [3.8, 4) is 21.3 Å². The number of nitrogens with zero attached hydrogens (tertiary/aromatic N) is 4. The van der Waals surface area contributed by atoms with E-state index in [4.69, 9.17) is 23.8 Å². The molecule has 158 valence electrons. The van der Waals surface area contributed by atoms with Crippen LogP contribution in [0, 0.1) is 18.6 Å². The molecule has 0 atom stereocenters. The molecule has 1 aromatic carbocycles. The largest absolute Gasteiger partial charge is 0.297 e. The minimum atomic E-state index is -0.250. The minimum absolute atomic E-state index is 0.250. The number of aryl methyl sites for hydroxylation is 2. The molecule has 4 rings (SSSR count). The third kappa shape index (κ3) is 4.38. The molecule has 0 spiro atoms. The van der Waals surface area contributed by atoms with Gasteiger partial charge in [-0.3, -0.25) is 19.8 Å². The number of aromatic nitrogens is 5. The Bertz CT molecular complexity index is 1330. The lowest BCUT2D eigenvalue weighted by Gasteiger charge is -2.01. The van der Waals surface area contributed by atoms with Gasteiger partial charge in [-0.05, 0) is 38.2 Å². The molecule has 11 heteroatoms. The molecule has 0 aliphatic rings. The number of anilines is 1. The first-order valence-corrected chi connectivity index (χ1v) is 11.6. The Hall–Kier alpha value is -2.66. The van der Waals surface area contributed by atoms with Crippen LogP contribution in [0.5, 0.6) is 0 Å². The van der Waals surface area contributed by atoms with E-state index in [9.17, 15) is 4.79 Å². The molecule has 3 heterocycles. The summed E-state index contributed by atoms with van der Waals surface area (Å²) in [5.74, 6) is 0.417. The van der Waals surface area contributed by atoms with Crippen LogP contribution in [0.15, 0.2) is 36.9 Å². The van der Waals surface area contributed by atoms with Crippen LogP contribution in [0.3, 0.4) is 0 Å². The van der Waals surface area contributed by atoms with Crippen molar-refractivity contribution in [2.75, 3.05) is 5.32 Å². The van der Waals surface area contributed by atoms with Gasteiger partial charge in [0.25, 0.3) is 5.91 Å². The molecule has 1 amide bonds. The molecule has 31 heavy (non-hydrogen) atoms. The molecule has 0 unspecified atom stereocenters. The number of nitrogens with one attached hydrogen (secondary N) is 2. The number of benzene rings is 1. The van der Waals surface area contributed by atoms with E-state index in [-0.39, 0.29) is 5.91 Å². The quantitative estimate of drug-likeness (QED) is 0.260. The molecule has 0 fully saturated rings. The van der Waals surface area contributed by atoms with Gasteiger partial charge in [0.05, 0.1) is 16.3 Å². The van der Waals surface area contributed by atoms with Crippen LogP contribution in [0.4, 0.5) is 5.13 Å².